The zero-order valence-electron chi connectivity index (χ0n) is 14.0. The second kappa shape index (κ2) is 7.08. The quantitative estimate of drug-likeness (QED) is 0.893. The van der Waals surface area contributed by atoms with Crippen LogP contribution in [0.3, 0.4) is 0 Å². The highest BCUT2D eigenvalue weighted by molar-refractivity contribution is 7.89. The first-order valence-electron chi connectivity index (χ1n) is 8.48. The van der Waals surface area contributed by atoms with Crippen molar-refractivity contribution in [2.24, 2.45) is 5.73 Å². The van der Waals surface area contributed by atoms with E-state index in [-0.39, 0.29) is 24.4 Å². The third kappa shape index (κ3) is 3.34. The summed E-state index contributed by atoms with van der Waals surface area (Å²) in [6.45, 7) is 0.823. The molecular formula is C19H23ClN2O2S. The number of fused-ring (bicyclic) bond motifs is 1. The monoisotopic (exact) mass is 378 g/mol. The van der Waals surface area contributed by atoms with Gasteiger partial charge in [-0.3, -0.25) is 0 Å². The highest BCUT2D eigenvalue weighted by Gasteiger charge is 2.38. The van der Waals surface area contributed by atoms with Crippen LogP contribution in [0.5, 0.6) is 0 Å². The number of halogens is 1. The summed E-state index contributed by atoms with van der Waals surface area (Å²) >= 11 is 0. The molecule has 0 amide bonds. The highest BCUT2D eigenvalue weighted by Crippen LogP contribution is 2.32. The van der Waals surface area contributed by atoms with Crippen molar-refractivity contribution in [3.63, 3.8) is 0 Å². The van der Waals surface area contributed by atoms with Crippen LogP contribution in [0.25, 0.3) is 0 Å². The molecule has 0 bridgehead atoms. The van der Waals surface area contributed by atoms with Crippen molar-refractivity contribution in [1.29, 1.82) is 0 Å². The maximum atomic E-state index is 13.0. The summed E-state index contributed by atoms with van der Waals surface area (Å²) in [5.41, 5.74) is 9.83. The third-order valence-corrected chi connectivity index (χ3v) is 7.09. The van der Waals surface area contributed by atoms with Gasteiger partial charge in [-0.25, -0.2) is 8.42 Å². The maximum absolute atomic E-state index is 13.0. The van der Waals surface area contributed by atoms with Gasteiger partial charge >= 0.3 is 0 Å². The topological polar surface area (TPSA) is 63.4 Å². The highest BCUT2D eigenvalue weighted by atomic mass is 35.5. The maximum Gasteiger partial charge on any atom is 0.243 e. The summed E-state index contributed by atoms with van der Waals surface area (Å²) in [6.07, 6.45) is 3.15. The van der Waals surface area contributed by atoms with Crippen LogP contribution in [0.15, 0.2) is 53.4 Å². The molecule has 0 aromatic heterocycles. The molecule has 1 heterocycles. The van der Waals surface area contributed by atoms with Crippen molar-refractivity contribution in [3.05, 3.63) is 65.2 Å². The molecule has 2 N–H and O–H groups in total. The lowest BCUT2D eigenvalue weighted by Gasteiger charge is -2.17. The van der Waals surface area contributed by atoms with Crippen LogP contribution in [-0.2, 0) is 22.9 Å². The zero-order valence-corrected chi connectivity index (χ0v) is 15.6. The number of benzene rings is 2. The number of nitrogens with zero attached hydrogens (tertiary/aromatic N) is 1. The molecule has 2 aromatic carbocycles. The van der Waals surface area contributed by atoms with E-state index in [1.807, 2.05) is 42.5 Å². The van der Waals surface area contributed by atoms with Gasteiger partial charge in [0.25, 0.3) is 0 Å². The van der Waals surface area contributed by atoms with Crippen molar-refractivity contribution >= 4 is 22.4 Å². The minimum Gasteiger partial charge on any atom is -0.326 e. The number of sulfonamides is 1. The lowest BCUT2D eigenvalue weighted by molar-refractivity contribution is 0.470. The SMILES string of the molecule is Cl.N[C@@H]1CN(S(=O)(=O)c2ccc3c(c2)CCC3)C[C@H]1c1ccccc1. The van der Waals surface area contributed by atoms with Crippen molar-refractivity contribution in [3.8, 4) is 0 Å². The summed E-state index contributed by atoms with van der Waals surface area (Å²) in [5.74, 6) is 0.0513. The van der Waals surface area contributed by atoms with E-state index in [4.69, 9.17) is 5.73 Å². The molecule has 25 heavy (non-hydrogen) atoms. The van der Waals surface area contributed by atoms with E-state index in [1.165, 1.54) is 11.1 Å². The molecule has 134 valence electrons. The fourth-order valence-electron chi connectivity index (χ4n) is 3.90. The summed E-state index contributed by atoms with van der Waals surface area (Å²) in [7, 11) is -3.48. The summed E-state index contributed by atoms with van der Waals surface area (Å²) in [5, 5.41) is 0. The lowest BCUT2D eigenvalue weighted by atomic mass is 9.95. The number of nitrogens with two attached hydrogens (primary N) is 1. The molecule has 2 atom stereocenters. The van der Waals surface area contributed by atoms with Crippen LogP contribution in [0.1, 0.15) is 29.0 Å². The number of rotatable bonds is 3. The predicted octanol–water partition coefficient (Wildman–Crippen LogP) is 2.71. The largest absolute Gasteiger partial charge is 0.326 e. The van der Waals surface area contributed by atoms with E-state index in [2.05, 4.69) is 0 Å². The average molecular weight is 379 g/mol. The molecule has 0 spiro atoms. The molecule has 2 aromatic rings. The van der Waals surface area contributed by atoms with E-state index in [0.29, 0.717) is 18.0 Å². The van der Waals surface area contributed by atoms with Crippen LogP contribution in [-0.4, -0.2) is 31.9 Å². The molecule has 2 aliphatic rings. The van der Waals surface area contributed by atoms with E-state index in [1.54, 1.807) is 10.4 Å². The van der Waals surface area contributed by atoms with E-state index in [0.717, 1.165) is 24.8 Å². The van der Waals surface area contributed by atoms with Crippen molar-refractivity contribution in [1.82, 2.24) is 4.31 Å². The van der Waals surface area contributed by atoms with Gasteiger partial charge in [0.05, 0.1) is 4.90 Å². The van der Waals surface area contributed by atoms with Crippen LogP contribution in [0.2, 0.25) is 0 Å². The van der Waals surface area contributed by atoms with Crippen molar-refractivity contribution in [2.75, 3.05) is 13.1 Å². The molecule has 1 fully saturated rings. The fraction of sp³-hybridized carbons (Fsp3) is 0.368. The van der Waals surface area contributed by atoms with E-state index >= 15 is 0 Å². The standard InChI is InChI=1S/C19H22N2O2S.ClH/c20-19-13-21(12-18(19)15-5-2-1-3-6-15)24(22,23)17-10-9-14-7-4-8-16(14)11-17;/h1-3,5-6,9-11,18-19H,4,7-8,12-13,20H2;1H/t18-,19+;/m0./s1. The number of hydrogen-bond acceptors (Lipinski definition) is 3. The van der Waals surface area contributed by atoms with Gasteiger partial charge in [0.15, 0.2) is 0 Å². The van der Waals surface area contributed by atoms with Crippen LogP contribution >= 0.6 is 12.4 Å². The molecule has 4 nitrogen and oxygen atoms in total. The Morgan fingerprint density at radius 3 is 2.44 bits per heavy atom. The predicted molar refractivity (Wildman–Crippen MR) is 102 cm³/mol. The molecule has 0 saturated carbocycles. The first-order chi connectivity index (χ1) is 11.6. The molecule has 4 rings (SSSR count). The summed E-state index contributed by atoms with van der Waals surface area (Å²) in [4.78, 5) is 0.407. The molecule has 6 heteroatoms. The van der Waals surface area contributed by atoms with Gasteiger partial charge in [0, 0.05) is 25.0 Å². The Morgan fingerprint density at radius 1 is 0.960 bits per heavy atom. The van der Waals surface area contributed by atoms with Gasteiger partial charge in [0.1, 0.15) is 0 Å². The molecule has 0 unspecified atom stereocenters. The molecular weight excluding hydrogens is 356 g/mol. The third-order valence-electron chi connectivity index (χ3n) is 5.27. The second-order valence-electron chi connectivity index (χ2n) is 6.79. The second-order valence-corrected chi connectivity index (χ2v) is 8.73. The smallest absolute Gasteiger partial charge is 0.243 e. The Balaban J connectivity index is 0.00000182. The van der Waals surface area contributed by atoms with Crippen LogP contribution in [0.4, 0.5) is 0 Å². The van der Waals surface area contributed by atoms with Crippen molar-refractivity contribution in [2.45, 2.75) is 36.1 Å². The van der Waals surface area contributed by atoms with Gasteiger partial charge in [-0.05, 0) is 48.1 Å². The van der Waals surface area contributed by atoms with Crippen LogP contribution in [0, 0.1) is 0 Å². The van der Waals surface area contributed by atoms with Gasteiger partial charge in [0.2, 0.25) is 10.0 Å². The Bertz CT molecular complexity index is 855. The first-order valence-corrected chi connectivity index (χ1v) is 9.92. The molecule has 1 saturated heterocycles. The Hall–Kier alpha value is -1.40. The normalized spacial score (nSPS) is 23.2. The Kier molecular flexibility index (Phi) is 5.21. The molecule has 1 aliphatic carbocycles. The van der Waals surface area contributed by atoms with Crippen molar-refractivity contribution < 1.29 is 8.42 Å². The first kappa shape index (κ1) is 18.4. The molecule has 0 radical (unpaired) electrons. The van der Waals surface area contributed by atoms with Gasteiger partial charge in [-0.15, -0.1) is 12.4 Å². The summed E-state index contributed by atoms with van der Waals surface area (Å²) in [6, 6.07) is 15.4. The minimum atomic E-state index is -3.48. The van der Waals surface area contributed by atoms with Gasteiger partial charge < -0.3 is 5.73 Å². The number of hydrogen-bond donors (Lipinski definition) is 1. The minimum absolute atomic E-state index is 0. The number of aryl methyl sites for hydroxylation is 2. The van der Waals surface area contributed by atoms with E-state index < -0.39 is 10.0 Å². The fourth-order valence-corrected chi connectivity index (χ4v) is 5.45. The Morgan fingerprint density at radius 2 is 1.68 bits per heavy atom. The lowest BCUT2D eigenvalue weighted by Crippen LogP contribution is -2.32. The van der Waals surface area contributed by atoms with Gasteiger partial charge in [-0.1, -0.05) is 36.4 Å². The Labute approximate surface area is 155 Å². The van der Waals surface area contributed by atoms with Crippen LogP contribution < -0.4 is 5.73 Å². The van der Waals surface area contributed by atoms with E-state index in [9.17, 15) is 8.42 Å². The summed E-state index contributed by atoms with van der Waals surface area (Å²) < 4.78 is 27.6. The van der Waals surface area contributed by atoms with Gasteiger partial charge in [-0.2, -0.15) is 4.31 Å². The zero-order chi connectivity index (χ0) is 16.7. The molecule has 1 aliphatic heterocycles. The average Bonchev–Trinajstić information content (AvgIpc) is 3.21.